The molecule has 0 heterocycles. The highest BCUT2D eigenvalue weighted by Gasteiger charge is 2.27. The van der Waals surface area contributed by atoms with Crippen LogP contribution in [0.4, 0.5) is 5.69 Å². The maximum atomic E-state index is 13.4. The predicted molar refractivity (Wildman–Crippen MR) is 137 cm³/mol. The van der Waals surface area contributed by atoms with Gasteiger partial charge in [0.25, 0.3) is 15.9 Å². The van der Waals surface area contributed by atoms with Crippen LogP contribution < -0.4 is 19.2 Å². The fraction of sp³-hybridized carbons (Fsp3) is 0.231. The third kappa shape index (κ3) is 7.31. The number of nitrogens with zero attached hydrogens (tertiary/aromatic N) is 2. The number of sulfonamides is 1. The lowest BCUT2D eigenvalue weighted by Crippen LogP contribution is -2.39. The first kappa shape index (κ1) is 25.8. The SMILES string of the molecule is CCCOc1ccc(/C=N\NC(=O)CN(c2ccccc2)S(=O)(=O)c2ccc(OCC)cc2)cc1. The van der Waals surface area contributed by atoms with Crippen LogP contribution in [-0.2, 0) is 14.8 Å². The van der Waals surface area contributed by atoms with Crippen LogP contribution in [-0.4, -0.2) is 40.3 Å². The number of benzene rings is 3. The van der Waals surface area contributed by atoms with Crippen molar-refractivity contribution in [3.05, 3.63) is 84.4 Å². The molecule has 1 amide bonds. The molecule has 3 aromatic carbocycles. The largest absolute Gasteiger partial charge is 0.494 e. The number of hydrazone groups is 1. The molecule has 0 saturated carbocycles. The van der Waals surface area contributed by atoms with E-state index in [9.17, 15) is 13.2 Å². The second-order valence-corrected chi connectivity index (χ2v) is 9.32. The number of para-hydroxylation sites is 1. The number of carbonyl (C=O) groups is 1. The normalized spacial score (nSPS) is 11.3. The van der Waals surface area contributed by atoms with Crippen molar-refractivity contribution in [1.82, 2.24) is 5.43 Å². The number of amides is 1. The van der Waals surface area contributed by atoms with Gasteiger partial charge in [-0.3, -0.25) is 9.10 Å². The van der Waals surface area contributed by atoms with Gasteiger partial charge >= 0.3 is 0 Å². The van der Waals surface area contributed by atoms with Crippen LogP contribution in [0.5, 0.6) is 11.5 Å². The van der Waals surface area contributed by atoms with Crippen molar-refractivity contribution in [3.8, 4) is 11.5 Å². The minimum Gasteiger partial charge on any atom is -0.494 e. The van der Waals surface area contributed by atoms with E-state index >= 15 is 0 Å². The van der Waals surface area contributed by atoms with Gasteiger partial charge < -0.3 is 9.47 Å². The monoisotopic (exact) mass is 495 g/mol. The standard InChI is InChI=1S/C26H29N3O5S/c1-3-18-34-24-12-10-21(11-13-24)19-27-28-26(30)20-29(22-8-6-5-7-9-22)35(31,32)25-16-14-23(15-17-25)33-4-2/h5-17,19H,3-4,18,20H2,1-2H3,(H,28,30)/b27-19-. The van der Waals surface area contributed by atoms with Gasteiger partial charge in [-0.1, -0.05) is 25.1 Å². The predicted octanol–water partition coefficient (Wildman–Crippen LogP) is 4.22. The Balaban J connectivity index is 1.72. The summed E-state index contributed by atoms with van der Waals surface area (Å²) in [5.74, 6) is 0.739. The third-order valence-electron chi connectivity index (χ3n) is 4.81. The van der Waals surface area contributed by atoms with E-state index in [2.05, 4.69) is 10.5 Å². The van der Waals surface area contributed by atoms with E-state index in [-0.39, 0.29) is 4.90 Å². The van der Waals surface area contributed by atoms with Crippen molar-refractivity contribution in [1.29, 1.82) is 0 Å². The van der Waals surface area contributed by atoms with E-state index < -0.39 is 22.5 Å². The van der Waals surface area contributed by atoms with Crippen LogP contribution in [0.1, 0.15) is 25.8 Å². The maximum absolute atomic E-state index is 13.4. The molecule has 0 unspecified atom stereocenters. The zero-order valence-corrected chi connectivity index (χ0v) is 20.6. The second kappa shape index (κ2) is 12.6. The van der Waals surface area contributed by atoms with Crippen LogP contribution in [0.15, 0.2) is 88.9 Å². The Morgan fingerprint density at radius 2 is 1.54 bits per heavy atom. The zero-order valence-electron chi connectivity index (χ0n) is 19.8. The van der Waals surface area contributed by atoms with E-state index in [1.54, 1.807) is 42.5 Å². The smallest absolute Gasteiger partial charge is 0.264 e. The lowest BCUT2D eigenvalue weighted by molar-refractivity contribution is -0.119. The highest BCUT2D eigenvalue weighted by molar-refractivity contribution is 7.92. The molecule has 9 heteroatoms. The van der Waals surface area contributed by atoms with E-state index in [1.807, 2.05) is 38.1 Å². The maximum Gasteiger partial charge on any atom is 0.264 e. The van der Waals surface area contributed by atoms with Crippen LogP contribution in [0.3, 0.4) is 0 Å². The number of rotatable bonds is 12. The summed E-state index contributed by atoms with van der Waals surface area (Å²) >= 11 is 0. The Hall–Kier alpha value is -3.85. The molecule has 0 aliphatic rings. The van der Waals surface area contributed by atoms with Gasteiger partial charge in [-0.25, -0.2) is 13.8 Å². The number of nitrogens with one attached hydrogen (secondary N) is 1. The first-order valence-electron chi connectivity index (χ1n) is 11.3. The molecular weight excluding hydrogens is 466 g/mol. The van der Waals surface area contributed by atoms with E-state index in [0.717, 1.165) is 22.0 Å². The van der Waals surface area contributed by atoms with Gasteiger partial charge in [0.2, 0.25) is 0 Å². The molecule has 3 aromatic rings. The molecule has 1 N–H and O–H groups in total. The van der Waals surface area contributed by atoms with Crippen molar-refractivity contribution < 1.29 is 22.7 Å². The molecule has 0 fully saturated rings. The number of carbonyl (C=O) groups excluding carboxylic acids is 1. The molecule has 0 atom stereocenters. The molecule has 0 aromatic heterocycles. The van der Waals surface area contributed by atoms with E-state index in [4.69, 9.17) is 9.47 Å². The Morgan fingerprint density at radius 3 is 2.17 bits per heavy atom. The summed E-state index contributed by atoms with van der Waals surface area (Å²) in [6.45, 7) is 4.55. The van der Waals surface area contributed by atoms with Crippen molar-refractivity contribution >= 4 is 27.8 Å². The average molecular weight is 496 g/mol. The molecule has 0 spiro atoms. The van der Waals surface area contributed by atoms with Crippen LogP contribution in [0.2, 0.25) is 0 Å². The first-order chi connectivity index (χ1) is 16.9. The molecule has 0 radical (unpaired) electrons. The number of hydrogen-bond acceptors (Lipinski definition) is 6. The summed E-state index contributed by atoms with van der Waals surface area (Å²) in [7, 11) is -4.02. The van der Waals surface area contributed by atoms with Crippen LogP contribution >= 0.6 is 0 Å². The lowest BCUT2D eigenvalue weighted by atomic mass is 10.2. The Bertz CT molecular complexity index is 1210. The molecule has 0 aliphatic heterocycles. The minimum atomic E-state index is -4.02. The van der Waals surface area contributed by atoms with Gasteiger partial charge in [-0.2, -0.15) is 5.10 Å². The van der Waals surface area contributed by atoms with Gasteiger partial charge in [0.1, 0.15) is 18.0 Å². The molecule has 35 heavy (non-hydrogen) atoms. The van der Waals surface area contributed by atoms with Crippen molar-refractivity contribution in [2.75, 3.05) is 24.1 Å². The zero-order chi connectivity index (χ0) is 25.1. The summed E-state index contributed by atoms with van der Waals surface area (Å²) in [6, 6.07) is 21.8. The fourth-order valence-electron chi connectivity index (χ4n) is 3.13. The highest BCUT2D eigenvalue weighted by Crippen LogP contribution is 2.25. The molecular formula is C26H29N3O5S. The molecule has 0 aliphatic carbocycles. The van der Waals surface area contributed by atoms with Crippen molar-refractivity contribution in [3.63, 3.8) is 0 Å². The van der Waals surface area contributed by atoms with Crippen molar-refractivity contribution in [2.24, 2.45) is 5.10 Å². The van der Waals surface area contributed by atoms with Crippen LogP contribution in [0.25, 0.3) is 0 Å². The molecule has 0 bridgehead atoms. The average Bonchev–Trinajstić information content (AvgIpc) is 2.88. The summed E-state index contributed by atoms with van der Waals surface area (Å²) in [4.78, 5) is 12.7. The van der Waals surface area contributed by atoms with E-state index in [1.165, 1.54) is 18.3 Å². The minimum absolute atomic E-state index is 0.0477. The Kier molecular flexibility index (Phi) is 9.25. The summed E-state index contributed by atoms with van der Waals surface area (Å²) < 4.78 is 38.8. The van der Waals surface area contributed by atoms with Gasteiger partial charge in [0.05, 0.1) is 30.0 Å². The molecule has 3 rings (SSSR count). The number of hydrogen-bond donors (Lipinski definition) is 1. The highest BCUT2D eigenvalue weighted by atomic mass is 32.2. The summed E-state index contributed by atoms with van der Waals surface area (Å²) in [6.07, 6.45) is 2.40. The molecule has 8 nitrogen and oxygen atoms in total. The van der Waals surface area contributed by atoms with Gasteiger partial charge in [-0.05, 0) is 79.6 Å². The second-order valence-electron chi connectivity index (χ2n) is 7.46. The van der Waals surface area contributed by atoms with Gasteiger partial charge in [0.15, 0.2) is 0 Å². The Labute approximate surface area is 206 Å². The molecule has 0 saturated heterocycles. The first-order valence-corrected chi connectivity index (χ1v) is 12.7. The quantitative estimate of drug-likeness (QED) is 0.300. The third-order valence-corrected chi connectivity index (χ3v) is 6.60. The van der Waals surface area contributed by atoms with Crippen LogP contribution in [0, 0.1) is 0 Å². The molecule has 184 valence electrons. The Morgan fingerprint density at radius 1 is 0.914 bits per heavy atom. The van der Waals surface area contributed by atoms with Gasteiger partial charge in [0, 0.05) is 0 Å². The lowest BCUT2D eigenvalue weighted by Gasteiger charge is -2.23. The summed E-state index contributed by atoms with van der Waals surface area (Å²) in [5, 5.41) is 3.96. The number of anilines is 1. The van der Waals surface area contributed by atoms with E-state index in [0.29, 0.717) is 24.7 Å². The summed E-state index contributed by atoms with van der Waals surface area (Å²) in [5.41, 5.74) is 3.53. The van der Waals surface area contributed by atoms with Gasteiger partial charge in [-0.15, -0.1) is 0 Å². The topological polar surface area (TPSA) is 97.3 Å². The number of ether oxygens (including phenoxy) is 2. The van der Waals surface area contributed by atoms with Crippen molar-refractivity contribution in [2.45, 2.75) is 25.2 Å². The fourth-order valence-corrected chi connectivity index (χ4v) is 4.55.